The molecule has 1 aromatic carbocycles. The summed E-state index contributed by atoms with van der Waals surface area (Å²) in [6.07, 6.45) is 2.77. The number of H-pyrrole nitrogens is 1. The third-order valence-electron chi connectivity index (χ3n) is 2.61. The zero-order valence-corrected chi connectivity index (χ0v) is 7.55. The number of hydrogen-bond donors (Lipinski definition) is 1. The fourth-order valence-electron chi connectivity index (χ4n) is 1.96. The molecule has 1 aromatic heterocycles. The van der Waals surface area contributed by atoms with Crippen LogP contribution in [0.2, 0.25) is 0 Å². The van der Waals surface area contributed by atoms with Crippen LogP contribution in [0.25, 0.3) is 10.9 Å². The summed E-state index contributed by atoms with van der Waals surface area (Å²) in [6, 6.07) is 4.86. The zero-order valence-electron chi connectivity index (χ0n) is 7.55. The van der Waals surface area contributed by atoms with Gasteiger partial charge in [0.25, 0.3) is 0 Å². The molecule has 0 bridgehead atoms. The van der Waals surface area contributed by atoms with Crippen LogP contribution in [-0.4, -0.2) is 17.7 Å². The smallest absolute Gasteiger partial charge is 0.125 e. The largest absolute Gasteiger partial charge is 0.353 e. The van der Waals surface area contributed by atoms with E-state index in [1.165, 1.54) is 17.7 Å². The SMILES string of the molecule is Fc1ccc2c3c([nH]c2c1)C=NCC3. The third-order valence-corrected chi connectivity index (χ3v) is 2.61. The normalized spacial score (nSPS) is 14.6. The summed E-state index contributed by atoms with van der Waals surface area (Å²) in [5.41, 5.74) is 3.15. The number of benzene rings is 1. The molecule has 0 saturated carbocycles. The summed E-state index contributed by atoms with van der Waals surface area (Å²) >= 11 is 0. The van der Waals surface area contributed by atoms with Crippen LogP contribution in [0.5, 0.6) is 0 Å². The Balaban J connectivity index is 2.37. The molecule has 1 aliphatic heterocycles. The van der Waals surface area contributed by atoms with Crippen LogP contribution < -0.4 is 0 Å². The molecule has 0 unspecified atom stereocenters. The first-order chi connectivity index (χ1) is 6.84. The van der Waals surface area contributed by atoms with Crippen LogP contribution in [0.15, 0.2) is 23.2 Å². The molecule has 0 spiro atoms. The second-order valence-corrected chi connectivity index (χ2v) is 3.49. The number of halogens is 1. The van der Waals surface area contributed by atoms with Crippen LogP contribution in [-0.2, 0) is 6.42 Å². The molecule has 3 rings (SSSR count). The Morgan fingerprint density at radius 2 is 2.29 bits per heavy atom. The van der Waals surface area contributed by atoms with Crippen molar-refractivity contribution >= 4 is 17.1 Å². The summed E-state index contributed by atoms with van der Waals surface area (Å²) in [5, 5.41) is 1.12. The highest BCUT2D eigenvalue weighted by atomic mass is 19.1. The predicted octanol–water partition coefficient (Wildman–Crippen LogP) is 2.28. The summed E-state index contributed by atoms with van der Waals surface area (Å²) in [6.45, 7) is 0.831. The molecule has 2 aromatic rings. The molecule has 0 aliphatic carbocycles. The van der Waals surface area contributed by atoms with Gasteiger partial charge in [0, 0.05) is 23.7 Å². The lowest BCUT2D eigenvalue weighted by Gasteiger charge is -2.03. The lowest BCUT2D eigenvalue weighted by atomic mass is 10.1. The minimum atomic E-state index is -0.201. The molecule has 1 aliphatic rings. The Morgan fingerprint density at radius 3 is 3.21 bits per heavy atom. The Bertz CT molecular complexity index is 525. The summed E-state index contributed by atoms with van der Waals surface area (Å²) < 4.78 is 12.9. The number of rotatable bonds is 0. The molecule has 70 valence electrons. The van der Waals surface area contributed by atoms with Crippen molar-refractivity contribution in [1.29, 1.82) is 0 Å². The maximum absolute atomic E-state index is 12.9. The third kappa shape index (κ3) is 0.985. The van der Waals surface area contributed by atoms with Gasteiger partial charge in [-0.2, -0.15) is 0 Å². The average molecular weight is 188 g/mol. The van der Waals surface area contributed by atoms with E-state index in [4.69, 9.17) is 0 Å². The van der Waals surface area contributed by atoms with E-state index in [1.807, 2.05) is 12.3 Å². The summed E-state index contributed by atoms with van der Waals surface area (Å²) in [4.78, 5) is 7.35. The van der Waals surface area contributed by atoms with Gasteiger partial charge in [0.2, 0.25) is 0 Å². The van der Waals surface area contributed by atoms with Crippen molar-refractivity contribution < 1.29 is 4.39 Å². The lowest BCUT2D eigenvalue weighted by Crippen LogP contribution is -2.00. The average Bonchev–Trinajstić information content (AvgIpc) is 2.54. The second-order valence-electron chi connectivity index (χ2n) is 3.49. The number of fused-ring (bicyclic) bond motifs is 3. The van der Waals surface area contributed by atoms with E-state index in [9.17, 15) is 4.39 Å². The van der Waals surface area contributed by atoms with Gasteiger partial charge in [-0.15, -0.1) is 0 Å². The molecule has 0 fully saturated rings. The van der Waals surface area contributed by atoms with Gasteiger partial charge in [-0.25, -0.2) is 4.39 Å². The molecule has 2 nitrogen and oxygen atoms in total. The molecule has 0 amide bonds. The Morgan fingerprint density at radius 1 is 1.36 bits per heavy atom. The zero-order chi connectivity index (χ0) is 9.54. The Labute approximate surface area is 80.5 Å². The van der Waals surface area contributed by atoms with Crippen LogP contribution in [0, 0.1) is 5.82 Å². The van der Waals surface area contributed by atoms with Gasteiger partial charge in [0.1, 0.15) is 5.82 Å². The van der Waals surface area contributed by atoms with Crippen molar-refractivity contribution in [3.8, 4) is 0 Å². The molecule has 1 N–H and O–H groups in total. The predicted molar refractivity (Wildman–Crippen MR) is 54.4 cm³/mol. The van der Waals surface area contributed by atoms with Gasteiger partial charge in [-0.3, -0.25) is 4.99 Å². The number of aliphatic imine (C=N–C) groups is 1. The van der Waals surface area contributed by atoms with Crippen LogP contribution in [0.3, 0.4) is 0 Å². The first kappa shape index (κ1) is 7.74. The van der Waals surface area contributed by atoms with Crippen LogP contribution in [0.4, 0.5) is 4.39 Å². The molecule has 0 saturated heterocycles. The monoisotopic (exact) mass is 188 g/mol. The van der Waals surface area contributed by atoms with E-state index in [0.29, 0.717) is 0 Å². The van der Waals surface area contributed by atoms with E-state index in [-0.39, 0.29) is 5.82 Å². The number of aromatic nitrogens is 1. The fourth-order valence-corrected chi connectivity index (χ4v) is 1.96. The first-order valence-electron chi connectivity index (χ1n) is 4.64. The van der Waals surface area contributed by atoms with E-state index in [2.05, 4.69) is 9.98 Å². The van der Waals surface area contributed by atoms with Crippen molar-refractivity contribution in [3.63, 3.8) is 0 Å². The topological polar surface area (TPSA) is 28.1 Å². The molecule has 0 atom stereocenters. The van der Waals surface area contributed by atoms with Gasteiger partial charge in [-0.1, -0.05) is 0 Å². The number of aromatic amines is 1. The van der Waals surface area contributed by atoms with Crippen molar-refractivity contribution in [1.82, 2.24) is 4.98 Å². The van der Waals surface area contributed by atoms with Gasteiger partial charge >= 0.3 is 0 Å². The molecule has 0 radical (unpaired) electrons. The highest BCUT2D eigenvalue weighted by molar-refractivity contribution is 5.94. The highest BCUT2D eigenvalue weighted by Gasteiger charge is 2.12. The van der Waals surface area contributed by atoms with Crippen molar-refractivity contribution in [3.05, 3.63) is 35.3 Å². The van der Waals surface area contributed by atoms with E-state index < -0.39 is 0 Å². The number of nitrogens with zero attached hydrogens (tertiary/aromatic N) is 1. The minimum absolute atomic E-state index is 0.201. The van der Waals surface area contributed by atoms with E-state index in [1.54, 1.807) is 0 Å². The number of nitrogens with one attached hydrogen (secondary N) is 1. The molecule has 14 heavy (non-hydrogen) atoms. The quantitative estimate of drug-likeness (QED) is 0.657. The lowest BCUT2D eigenvalue weighted by molar-refractivity contribution is 0.629. The van der Waals surface area contributed by atoms with Gasteiger partial charge < -0.3 is 4.98 Å². The summed E-state index contributed by atoms with van der Waals surface area (Å²) in [7, 11) is 0. The Hall–Kier alpha value is -1.64. The van der Waals surface area contributed by atoms with E-state index >= 15 is 0 Å². The summed E-state index contributed by atoms with van der Waals surface area (Å²) in [5.74, 6) is -0.201. The van der Waals surface area contributed by atoms with Gasteiger partial charge in [-0.05, 0) is 30.2 Å². The first-order valence-corrected chi connectivity index (χ1v) is 4.64. The number of hydrogen-bond acceptors (Lipinski definition) is 1. The maximum Gasteiger partial charge on any atom is 0.125 e. The molecular weight excluding hydrogens is 179 g/mol. The van der Waals surface area contributed by atoms with Crippen LogP contribution >= 0.6 is 0 Å². The Kier molecular flexibility index (Phi) is 1.48. The molecular formula is C11H9FN2. The van der Waals surface area contributed by atoms with Crippen molar-refractivity contribution in [2.75, 3.05) is 6.54 Å². The molecule has 2 heterocycles. The van der Waals surface area contributed by atoms with Gasteiger partial charge in [0.15, 0.2) is 0 Å². The van der Waals surface area contributed by atoms with E-state index in [0.717, 1.165) is 29.6 Å². The van der Waals surface area contributed by atoms with Crippen molar-refractivity contribution in [2.45, 2.75) is 6.42 Å². The van der Waals surface area contributed by atoms with Crippen molar-refractivity contribution in [2.24, 2.45) is 4.99 Å². The maximum atomic E-state index is 12.9. The second kappa shape index (κ2) is 2.67. The fraction of sp³-hybridized carbons (Fsp3) is 0.182. The minimum Gasteiger partial charge on any atom is -0.353 e. The molecule has 3 heteroatoms. The van der Waals surface area contributed by atoms with Gasteiger partial charge in [0.05, 0.1) is 5.69 Å². The standard InChI is InChI=1S/C11H9FN2/c12-7-1-2-8-9-3-4-13-6-11(9)14-10(8)5-7/h1-2,5-6,14H,3-4H2. The highest BCUT2D eigenvalue weighted by Crippen LogP contribution is 2.24. The van der Waals surface area contributed by atoms with Crippen LogP contribution in [0.1, 0.15) is 11.3 Å².